The van der Waals surface area contributed by atoms with Gasteiger partial charge in [0.25, 0.3) is 0 Å². The van der Waals surface area contributed by atoms with Crippen molar-refractivity contribution in [3.63, 3.8) is 0 Å². The first-order valence-electron chi connectivity index (χ1n) is 37.9. The highest BCUT2D eigenvalue weighted by Gasteiger charge is 2.45. The molecule has 0 aromatic rings. The van der Waals surface area contributed by atoms with Gasteiger partial charge >= 0.3 is 11.9 Å². The van der Waals surface area contributed by atoms with Crippen molar-refractivity contribution >= 4 is 124 Å². The number of nitrogens with two attached hydrogens (primary N) is 4. The van der Waals surface area contributed by atoms with Crippen molar-refractivity contribution in [2.75, 3.05) is 78.5 Å². The van der Waals surface area contributed by atoms with Crippen molar-refractivity contribution in [1.29, 1.82) is 0 Å². The van der Waals surface area contributed by atoms with Crippen molar-refractivity contribution in [2.45, 2.75) is 216 Å². The molecule has 18 amide bonds. The number of carboxylic acids is 2. The molecule has 0 aromatic heterocycles. The maximum Gasteiger partial charge on any atom is 0.326 e. The maximum atomic E-state index is 14.1. The number of β-amino-alcohol motifs (C(OH)–C–C–N with tert-alkyl or cyclic N) is 1. The molecule has 0 radical (unpaired) electrons. The second kappa shape index (κ2) is 44.7. The SMILES string of the molecule is CC(C)C[C@H](NC(=O)[C@H](CCC(=O)O)NC(=O)CN)C(=O)NCC(=O)N1CCC[C@H]1C(=O)N[C@H](C(=O)NCC(=O)N[C@@H](CC(N)=O)C(=O)N1C[C@H](O)C[C@H]1C(=O)NCC(=O)N1CCC[C@H]1C(=O)N[C@@H](C)C(=O)NCC(=O)N1CCC[C@H]1C(=O)N[C@@H](C)C(=O)NCC(=O)N1CCC[C@H]1C(=O)N[C@@H](CCCN=C(N)N)C(=O)O)C(C)C. The molecule has 0 spiro atoms. The Morgan fingerprint density at radius 2 is 0.886 bits per heavy atom. The van der Waals surface area contributed by atoms with Crippen molar-refractivity contribution in [3.05, 3.63) is 0 Å². The first kappa shape index (κ1) is 93.2. The highest BCUT2D eigenvalue weighted by molar-refractivity contribution is 6.01. The zero-order valence-corrected chi connectivity index (χ0v) is 64.8. The minimum Gasteiger partial charge on any atom is -0.481 e. The molecule has 13 atom stereocenters. The van der Waals surface area contributed by atoms with E-state index in [-0.39, 0.29) is 102 Å². The van der Waals surface area contributed by atoms with Gasteiger partial charge in [0, 0.05) is 52.1 Å². The molecule has 5 saturated heterocycles. The molecule has 0 aromatic carbocycles. The minimum absolute atomic E-state index is 0.00690. The average Bonchev–Trinajstić information content (AvgIpc) is 1.66. The summed E-state index contributed by atoms with van der Waals surface area (Å²) < 4.78 is 0. The molecule has 5 aliphatic heterocycles. The van der Waals surface area contributed by atoms with E-state index in [1.807, 2.05) is 0 Å². The van der Waals surface area contributed by atoms with Gasteiger partial charge in [-0.3, -0.25) is 96.1 Å². The third-order valence-corrected chi connectivity index (χ3v) is 19.6. The summed E-state index contributed by atoms with van der Waals surface area (Å²) in [4.78, 5) is 273. The number of hydrogen-bond donors (Lipinski definition) is 19. The first-order valence-corrected chi connectivity index (χ1v) is 37.9. The third kappa shape index (κ3) is 28.4. The lowest BCUT2D eigenvalue weighted by Gasteiger charge is -2.29. The Labute approximate surface area is 656 Å². The Morgan fingerprint density at radius 1 is 0.447 bits per heavy atom. The molecule has 0 unspecified atom stereocenters. The lowest BCUT2D eigenvalue weighted by atomic mass is 10.0. The molecule has 5 aliphatic rings. The highest BCUT2D eigenvalue weighted by atomic mass is 16.4. The number of aliphatic imine (C=N–C) groups is 1. The smallest absolute Gasteiger partial charge is 0.326 e. The van der Waals surface area contributed by atoms with E-state index in [0.29, 0.717) is 25.7 Å². The quantitative estimate of drug-likeness (QED) is 0.0153. The van der Waals surface area contributed by atoms with Gasteiger partial charge in [0.05, 0.1) is 51.8 Å². The number of carboxylic acid groups (broad SMARTS) is 2. The summed E-state index contributed by atoms with van der Waals surface area (Å²) in [6.07, 6.45) is -0.836. The molecule has 634 valence electrons. The Hall–Kier alpha value is -11.4. The van der Waals surface area contributed by atoms with E-state index in [0.717, 1.165) is 9.80 Å². The summed E-state index contributed by atoms with van der Waals surface area (Å²) in [5.74, 6) is -18.3. The number of likely N-dealkylation sites (tertiary alicyclic amines) is 5. The molecule has 114 heavy (non-hydrogen) atoms. The van der Waals surface area contributed by atoms with E-state index in [1.165, 1.54) is 28.5 Å². The van der Waals surface area contributed by atoms with Crippen LogP contribution in [0.1, 0.15) is 138 Å². The van der Waals surface area contributed by atoms with Crippen molar-refractivity contribution in [1.82, 2.24) is 88.3 Å². The second-order valence-corrected chi connectivity index (χ2v) is 29.2. The molecule has 5 rings (SSSR count). The van der Waals surface area contributed by atoms with Crippen LogP contribution in [0.5, 0.6) is 0 Å². The number of aliphatic hydroxyl groups is 1. The predicted molar refractivity (Wildman–Crippen MR) is 397 cm³/mol. The van der Waals surface area contributed by atoms with Crippen LogP contribution >= 0.6 is 0 Å². The second-order valence-electron chi connectivity index (χ2n) is 29.2. The monoisotopic (exact) mass is 1610 g/mol. The molecule has 23 N–H and O–H groups in total. The molecule has 0 aliphatic carbocycles. The van der Waals surface area contributed by atoms with Crippen LogP contribution in [0.15, 0.2) is 4.99 Å². The fourth-order valence-corrected chi connectivity index (χ4v) is 13.7. The Morgan fingerprint density at radius 3 is 1.32 bits per heavy atom. The number of nitrogens with zero attached hydrogens (tertiary/aromatic N) is 6. The normalized spacial score (nSPS) is 20.2. The number of aliphatic hydroxyl groups excluding tert-OH is 1. The van der Waals surface area contributed by atoms with Crippen molar-refractivity contribution in [3.8, 4) is 0 Å². The number of rotatable bonds is 42. The molecular formula is C69H110N22O23. The van der Waals surface area contributed by atoms with E-state index in [4.69, 9.17) is 22.9 Å². The fraction of sp³-hybridized carbons (Fsp3) is 0.696. The summed E-state index contributed by atoms with van der Waals surface area (Å²) in [6, 6.07) is -15.3. The van der Waals surface area contributed by atoms with Crippen molar-refractivity contribution < 1.29 is 111 Å². The van der Waals surface area contributed by atoms with Gasteiger partial charge in [-0.25, -0.2) is 4.79 Å². The van der Waals surface area contributed by atoms with Gasteiger partial charge < -0.3 is 127 Å². The molecular weight excluding hydrogens is 1500 g/mol. The predicted octanol–water partition coefficient (Wildman–Crippen LogP) is -10.5. The van der Waals surface area contributed by atoms with E-state index >= 15 is 0 Å². The third-order valence-electron chi connectivity index (χ3n) is 19.6. The number of aliphatic carboxylic acids is 2. The number of nitrogens with one attached hydrogen (secondary N) is 12. The zero-order valence-electron chi connectivity index (χ0n) is 64.8. The van der Waals surface area contributed by atoms with Crippen LogP contribution in [-0.4, -0.2) is 321 Å². The number of carbonyl (C=O) groups is 20. The summed E-state index contributed by atoms with van der Waals surface area (Å²) >= 11 is 0. The highest BCUT2D eigenvalue weighted by Crippen LogP contribution is 2.24. The van der Waals surface area contributed by atoms with Gasteiger partial charge in [-0.15, -0.1) is 0 Å². The van der Waals surface area contributed by atoms with Crippen LogP contribution in [0, 0.1) is 11.8 Å². The largest absolute Gasteiger partial charge is 0.481 e. The van der Waals surface area contributed by atoms with Crippen molar-refractivity contribution in [2.24, 2.45) is 39.8 Å². The standard InChI is InChI=1S/C69H110N22O23/c1-34(2)24-41(85-60(105)39(17-18-55(100)101)82-49(94)27-70)59(104)78-31-53(98)90-23-11-16-46(90)65(110)86-56(35(3)4)66(111)75-28-50(95)83-42(26-48(71)93)67(112)91-33-38(92)25-47(91)61(106)79-32-54(99)88-21-9-14-44(88)63(108)81-36(5)57(102)76-29-51(96)87-20-8-13-43(87)62(107)80-37(6)58(103)77-30-52(97)89-22-10-15-45(89)64(109)84-40(68(113)114)12-7-19-74-69(72)73/h34-47,56,92H,7-33,70H2,1-6H3,(H2,71,93)(H,75,111)(H,76,102)(H,77,103)(H,78,104)(H,79,106)(H,80,107)(H,81,108)(H,82,94)(H,83,95)(H,84,109)(H,85,105)(H,86,110)(H,100,101)(H,113,114)(H4,72,73,74)/t36-,37-,38+,39-,40-,41-,42-,43-,44-,45-,46-,47-,56-/m0/s1. The van der Waals surface area contributed by atoms with Gasteiger partial charge in [-0.2, -0.15) is 0 Å². The van der Waals surface area contributed by atoms with E-state index in [1.54, 1.807) is 27.7 Å². The van der Waals surface area contributed by atoms with Crippen LogP contribution in [0.25, 0.3) is 0 Å². The first-order chi connectivity index (χ1) is 53.7. The van der Waals surface area contributed by atoms with Crippen LogP contribution in [0.2, 0.25) is 0 Å². The van der Waals surface area contributed by atoms with E-state index in [2.05, 4.69) is 68.8 Å². The van der Waals surface area contributed by atoms with Crippen LogP contribution in [0.3, 0.4) is 0 Å². The topological polar surface area (TPSA) is 679 Å². The zero-order chi connectivity index (χ0) is 85.0. The number of carbonyl (C=O) groups excluding carboxylic acids is 18. The molecule has 5 heterocycles. The number of guanidine groups is 1. The Bertz CT molecular complexity index is 3610. The summed E-state index contributed by atoms with van der Waals surface area (Å²) in [5.41, 5.74) is 21.4. The molecule has 45 nitrogen and oxygen atoms in total. The van der Waals surface area contributed by atoms with Crippen LogP contribution < -0.4 is 86.7 Å². The van der Waals surface area contributed by atoms with Crippen LogP contribution in [0.4, 0.5) is 0 Å². The Kier molecular flexibility index (Phi) is 36.6. The van der Waals surface area contributed by atoms with Gasteiger partial charge in [0.15, 0.2) is 5.96 Å². The molecule has 45 heteroatoms. The van der Waals surface area contributed by atoms with Crippen LogP contribution in [-0.2, 0) is 95.9 Å². The summed E-state index contributed by atoms with van der Waals surface area (Å²) in [7, 11) is 0. The summed E-state index contributed by atoms with van der Waals surface area (Å²) in [5, 5.41) is 58.9. The minimum atomic E-state index is -1.77. The number of amides is 18. The lowest BCUT2D eigenvalue weighted by Crippen LogP contribution is -2.58. The van der Waals surface area contributed by atoms with E-state index < -0.39 is 261 Å². The summed E-state index contributed by atoms with van der Waals surface area (Å²) in [6.45, 7) is 5.45. The molecule has 5 fully saturated rings. The number of primary amides is 1. The lowest BCUT2D eigenvalue weighted by molar-refractivity contribution is -0.144. The average molecular weight is 1620 g/mol. The van der Waals surface area contributed by atoms with Gasteiger partial charge in [-0.05, 0) is 103 Å². The maximum absolute atomic E-state index is 14.1. The van der Waals surface area contributed by atoms with E-state index in [9.17, 15) is 111 Å². The molecule has 0 saturated carbocycles. The molecule has 0 bridgehead atoms. The van der Waals surface area contributed by atoms with Gasteiger partial charge in [0.1, 0.15) is 72.5 Å². The Balaban J connectivity index is 1.06. The van der Waals surface area contributed by atoms with Gasteiger partial charge in [0.2, 0.25) is 106 Å². The fourth-order valence-electron chi connectivity index (χ4n) is 13.7. The van der Waals surface area contributed by atoms with Gasteiger partial charge in [-0.1, -0.05) is 27.7 Å². The number of hydrogen-bond acceptors (Lipinski definition) is 23.